The number of piperazine rings is 1. The molecule has 0 unspecified atom stereocenters. The third kappa shape index (κ3) is 2.80. The number of carbonyl (C=O) groups is 2. The molecular weight excluding hydrogens is 256 g/mol. The average molecular weight is 276 g/mol. The topological polar surface area (TPSA) is 74.3 Å². The van der Waals surface area contributed by atoms with Crippen molar-refractivity contribution in [2.75, 3.05) is 18.4 Å². The van der Waals surface area contributed by atoms with E-state index in [1.54, 1.807) is 6.20 Å². The Morgan fingerprint density at radius 3 is 2.90 bits per heavy atom. The molecule has 0 aromatic carbocycles. The summed E-state index contributed by atoms with van der Waals surface area (Å²) in [5, 5.41) is 5.57. The zero-order valence-electron chi connectivity index (χ0n) is 12.1. The predicted octanol–water partition coefficient (Wildman–Crippen LogP) is 0.750. The summed E-state index contributed by atoms with van der Waals surface area (Å²) in [5.41, 5.74) is 0.262. The van der Waals surface area contributed by atoms with E-state index in [1.807, 2.05) is 37.8 Å². The summed E-state index contributed by atoms with van der Waals surface area (Å²) < 4.78 is 0. The smallest absolute Gasteiger partial charge is 0.246 e. The Kier molecular flexibility index (Phi) is 4.04. The molecule has 2 heterocycles. The highest BCUT2D eigenvalue weighted by Gasteiger charge is 2.40. The van der Waals surface area contributed by atoms with Gasteiger partial charge < -0.3 is 5.32 Å². The van der Waals surface area contributed by atoms with E-state index in [1.165, 1.54) is 0 Å². The monoisotopic (exact) mass is 276 g/mol. The maximum atomic E-state index is 11.9. The second-order valence-corrected chi connectivity index (χ2v) is 5.33. The van der Waals surface area contributed by atoms with Gasteiger partial charge >= 0.3 is 0 Å². The molecule has 1 fully saturated rings. The molecule has 6 nitrogen and oxygen atoms in total. The summed E-state index contributed by atoms with van der Waals surface area (Å²) in [6.45, 7) is 7.12. The van der Waals surface area contributed by atoms with E-state index in [-0.39, 0.29) is 18.4 Å². The van der Waals surface area contributed by atoms with Crippen LogP contribution >= 0.6 is 0 Å². The SMILES string of the molecule is CCNc1ncccc1CN1CC(=O)NC(=O)C1(C)C. The lowest BCUT2D eigenvalue weighted by atomic mass is 9.98. The third-order valence-corrected chi connectivity index (χ3v) is 3.53. The molecule has 2 amide bonds. The van der Waals surface area contributed by atoms with Crippen LogP contribution < -0.4 is 10.6 Å². The first-order valence-electron chi connectivity index (χ1n) is 6.72. The van der Waals surface area contributed by atoms with Crippen molar-refractivity contribution < 1.29 is 9.59 Å². The van der Waals surface area contributed by atoms with Gasteiger partial charge in [0.2, 0.25) is 11.8 Å². The number of hydrogen-bond donors (Lipinski definition) is 2. The molecule has 1 aliphatic heterocycles. The largest absolute Gasteiger partial charge is 0.370 e. The fraction of sp³-hybridized carbons (Fsp3) is 0.500. The number of rotatable bonds is 4. The molecule has 1 aliphatic rings. The summed E-state index contributed by atoms with van der Waals surface area (Å²) >= 11 is 0. The summed E-state index contributed by atoms with van der Waals surface area (Å²) in [4.78, 5) is 29.7. The Hall–Kier alpha value is -1.95. The van der Waals surface area contributed by atoms with Gasteiger partial charge in [0.1, 0.15) is 5.82 Å². The number of nitrogens with one attached hydrogen (secondary N) is 2. The molecule has 0 radical (unpaired) electrons. The van der Waals surface area contributed by atoms with E-state index >= 15 is 0 Å². The van der Waals surface area contributed by atoms with Crippen LogP contribution in [-0.2, 0) is 16.1 Å². The molecule has 0 aliphatic carbocycles. The van der Waals surface area contributed by atoms with Gasteiger partial charge in [0.15, 0.2) is 0 Å². The minimum absolute atomic E-state index is 0.208. The molecule has 1 aromatic heterocycles. The number of carbonyl (C=O) groups excluding carboxylic acids is 2. The van der Waals surface area contributed by atoms with Gasteiger partial charge in [-0.1, -0.05) is 6.07 Å². The maximum absolute atomic E-state index is 11.9. The van der Waals surface area contributed by atoms with Crippen LogP contribution in [0.5, 0.6) is 0 Å². The fourth-order valence-corrected chi connectivity index (χ4v) is 2.19. The predicted molar refractivity (Wildman–Crippen MR) is 76.0 cm³/mol. The van der Waals surface area contributed by atoms with Crippen molar-refractivity contribution in [2.45, 2.75) is 32.9 Å². The summed E-state index contributed by atoms with van der Waals surface area (Å²) in [7, 11) is 0. The van der Waals surface area contributed by atoms with Gasteiger partial charge in [0.25, 0.3) is 0 Å². The van der Waals surface area contributed by atoms with Crippen LogP contribution in [0.2, 0.25) is 0 Å². The molecule has 0 saturated carbocycles. The Bertz CT molecular complexity index is 528. The number of imide groups is 1. The van der Waals surface area contributed by atoms with Crippen molar-refractivity contribution in [3.05, 3.63) is 23.9 Å². The second-order valence-electron chi connectivity index (χ2n) is 5.33. The van der Waals surface area contributed by atoms with Crippen LogP contribution in [-0.4, -0.2) is 40.3 Å². The quantitative estimate of drug-likeness (QED) is 0.794. The Morgan fingerprint density at radius 2 is 2.20 bits per heavy atom. The first-order chi connectivity index (χ1) is 9.45. The van der Waals surface area contributed by atoms with E-state index in [0.29, 0.717) is 6.54 Å². The molecule has 0 atom stereocenters. The molecule has 2 rings (SSSR count). The van der Waals surface area contributed by atoms with Gasteiger partial charge in [-0.2, -0.15) is 0 Å². The molecule has 20 heavy (non-hydrogen) atoms. The second kappa shape index (κ2) is 5.58. The minimum atomic E-state index is -0.715. The Balaban J connectivity index is 2.24. The van der Waals surface area contributed by atoms with Crippen LogP contribution in [0.4, 0.5) is 5.82 Å². The van der Waals surface area contributed by atoms with Gasteiger partial charge in [-0.05, 0) is 26.8 Å². The van der Waals surface area contributed by atoms with E-state index < -0.39 is 5.54 Å². The minimum Gasteiger partial charge on any atom is -0.370 e. The van der Waals surface area contributed by atoms with Crippen molar-refractivity contribution in [1.29, 1.82) is 0 Å². The van der Waals surface area contributed by atoms with Crippen LogP contribution in [0.25, 0.3) is 0 Å². The summed E-state index contributed by atoms with van der Waals surface area (Å²) in [6.07, 6.45) is 1.72. The standard InChI is InChI=1S/C14H20N4O2/c1-4-15-12-10(6-5-7-16-12)8-18-9-11(19)17-13(20)14(18,2)3/h5-7H,4,8-9H2,1-3H3,(H,15,16)(H,17,19,20). The average Bonchev–Trinajstić information content (AvgIpc) is 2.38. The van der Waals surface area contributed by atoms with Gasteiger partial charge in [-0.15, -0.1) is 0 Å². The first-order valence-corrected chi connectivity index (χ1v) is 6.72. The van der Waals surface area contributed by atoms with E-state index in [0.717, 1.165) is 17.9 Å². The third-order valence-electron chi connectivity index (χ3n) is 3.53. The fourth-order valence-electron chi connectivity index (χ4n) is 2.19. The maximum Gasteiger partial charge on any atom is 0.246 e. The lowest BCUT2D eigenvalue weighted by Crippen LogP contribution is -2.63. The number of hydrogen-bond acceptors (Lipinski definition) is 5. The zero-order valence-corrected chi connectivity index (χ0v) is 12.1. The number of aromatic nitrogens is 1. The number of anilines is 1. The Morgan fingerprint density at radius 1 is 1.45 bits per heavy atom. The molecule has 1 aromatic rings. The molecule has 2 N–H and O–H groups in total. The zero-order chi connectivity index (χ0) is 14.8. The highest BCUT2D eigenvalue weighted by molar-refractivity contribution is 6.02. The van der Waals surface area contributed by atoms with Gasteiger partial charge in [0, 0.05) is 24.8 Å². The van der Waals surface area contributed by atoms with E-state index in [2.05, 4.69) is 15.6 Å². The van der Waals surface area contributed by atoms with Crippen molar-refractivity contribution in [3.8, 4) is 0 Å². The lowest BCUT2D eigenvalue weighted by molar-refractivity contribution is -0.145. The van der Waals surface area contributed by atoms with Crippen molar-refractivity contribution in [2.24, 2.45) is 0 Å². The molecular formula is C14H20N4O2. The molecule has 6 heteroatoms. The Labute approximate surface area is 118 Å². The van der Waals surface area contributed by atoms with Crippen molar-refractivity contribution >= 4 is 17.6 Å². The van der Waals surface area contributed by atoms with E-state index in [9.17, 15) is 9.59 Å². The van der Waals surface area contributed by atoms with Crippen LogP contribution in [0, 0.1) is 0 Å². The number of nitrogens with zero attached hydrogens (tertiary/aromatic N) is 2. The van der Waals surface area contributed by atoms with Gasteiger partial charge in [-0.25, -0.2) is 4.98 Å². The van der Waals surface area contributed by atoms with Crippen molar-refractivity contribution in [3.63, 3.8) is 0 Å². The van der Waals surface area contributed by atoms with Crippen molar-refractivity contribution in [1.82, 2.24) is 15.2 Å². The van der Waals surface area contributed by atoms with Crippen LogP contribution in [0.3, 0.4) is 0 Å². The van der Waals surface area contributed by atoms with Crippen LogP contribution in [0.1, 0.15) is 26.3 Å². The molecule has 0 bridgehead atoms. The number of amides is 2. The lowest BCUT2D eigenvalue weighted by Gasteiger charge is -2.40. The summed E-state index contributed by atoms with van der Waals surface area (Å²) in [6, 6.07) is 3.81. The van der Waals surface area contributed by atoms with Gasteiger partial charge in [0.05, 0.1) is 12.1 Å². The van der Waals surface area contributed by atoms with Crippen LogP contribution in [0.15, 0.2) is 18.3 Å². The molecule has 1 saturated heterocycles. The highest BCUT2D eigenvalue weighted by atomic mass is 16.2. The summed E-state index contributed by atoms with van der Waals surface area (Å²) in [5.74, 6) is 0.273. The normalized spacial score (nSPS) is 18.8. The van der Waals surface area contributed by atoms with E-state index in [4.69, 9.17) is 0 Å². The molecule has 108 valence electrons. The highest BCUT2D eigenvalue weighted by Crippen LogP contribution is 2.23. The molecule has 0 spiro atoms. The van der Waals surface area contributed by atoms with Gasteiger partial charge in [-0.3, -0.25) is 19.8 Å². The number of pyridine rings is 1. The first kappa shape index (κ1) is 14.5.